The molecule has 1 aliphatic heterocycles. The normalized spacial score (nSPS) is 13.5. The second-order valence-corrected chi connectivity index (χ2v) is 7.43. The third-order valence-corrected chi connectivity index (χ3v) is 5.03. The second-order valence-electron chi connectivity index (χ2n) is 6.59. The molecule has 0 amide bonds. The van der Waals surface area contributed by atoms with Crippen LogP contribution < -0.4 is 4.90 Å². The minimum atomic E-state index is 0.577. The van der Waals surface area contributed by atoms with Crippen LogP contribution in [0.2, 0.25) is 0 Å². The van der Waals surface area contributed by atoms with Crippen molar-refractivity contribution in [2.45, 2.75) is 33.4 Å². The van der Waals surface area contributed by atoms with E-state index in [2.05, 4.69) is 41.2 Å². The van der Waals surface area contributed by atoms with Gasteiger partial charge in [-0.25, -0.2) is 15.0 Å². The number of hydrogen-bond donors (Lipinski definition) is 0. The summed E-state index contributed by atoms with van der Waals surface area (Å²) in [5.41, 5.74) is 4.57. The Kier molecular flexibility index (Phi) is 4.02. The van der Waals surface area contributed by atoms with Gasteiger partial charge < -0.3 is 4.90 Å². The molecule has 1 aliphatic rings. The van der Waals surface area contributed by atoms with E-state index in [-0.39, 0.29) is 0 Å². The zero-order chi connectivity index (χ0) is 16.5. The van der Waals surface area contributed by atoms with Gasteiger partial charge in [0.2, 0.25) is 0 Å². The number of aromatic nitrogens is 3. The Morgan fingerprint density at radius 3 is 2.75 bits per heavy atom. The van der Waals surface area contributed by atoms with E-state index < -0.39 is 0 Å². The summed E-state index contributed by atoms with van der Waals surface area (Å²) in [6.07, 6.45) is 2.93. The van der Waals surface area contributed by atoms with Crippen LogP contribution in [0.15, 0.2) is 41.9 Å². The molecule has 0 spiro atoms. The first-order valence-electron chi connectivity index (χ1n) is 8.28. The average Bonchev–Trinajstić information content (AvgIpc) is 3.21. The van der Waals surface area contributed by atoms with Crippen LogP contribution in [0.25, 0.3) is 11.3 Å². The predicted molar refractivity (Wildman–Crippen MR) is 98.0 cm³/mol. The van der Waals surface area contributed by atoms with Crippen molar-refractivity contribution in [3.05, 3.63) is 59.0 Å². The molecular formula is C19H20N4S. The molecule has 3 aromatic rings. The van der Waals surface area contributed by atoms with Gasteiger partial charge in [-0.15, -0.1) is 11.3 Å². The fourth-order valence-corrected chi connectivity index (χ4v) is 3.78. The maximum absolute atomic E-state index is 4.81. The quantitative estimate of drug-likeness (QED) is 0.711. The third kappa shape index (κ3) is 3.04. The molecule has 3 heterocycles. The van der Waals surface area contributed by atoms with Crippen molar-refractivity contribution in [2.24, 2.45) is 5.92 Å². The van der Waals surface area contributed by atoms with Crippen LogP contribution in [0.3, 0.4) is 0 Å². The monoisotopic (exact) mass is 336 g/mol. The molecule has 0 radical (unpaired) electrons. The van der Waals surface area contributed by atoms with Gasteiger partial charge >= 0.3 is 0 Å². The zero-order valence-corrected chi connectivity index (χ0v) is 14.8. The smallest absolute Gasteiger partial charge is 0.186 e. The first-order chi connectivity index (χ1) is 11.7. The maximum Gasteiger partial charge on any atom is 0.186 e. The Hall–Kier alpha value is -2.27. The topological polar surface area (TPSA) is 41.9 Å². The Morgan fingerprint density at radius 2 is 1.96 bits per heavy atom. The van der Waals surface area contributed by atoms with Crippen LogP contribution in [0.1, 0.15) is 30.9 Å². The van der Waals surface area contributed by atoms with Crippen LogP contribution in [-0.2, 0) is 19.5 Å². The number of fused-ring (bicyclic) bond motifs is 1. The Labute approximate surface area is 146 Å². The van der Waals surface area contributed by atoms with Crippen molar-refractivity contribution in [2.75, 3.05) is 4.90 Å². The Bertz CT molecular complexity index is 842. The predicted octanol–water partition coefficient (Wildman–Crippen LogP) is 4.32. The molecule has 0 unspecified atom stereocenters. The minimum absolute atomic E-state index is 0.577. The van der Waals surface area contributed by atoms with Gasteiger partial charge in [0, 0.05) is 35.7 Å². The van der Waals surface area contributed by atoms with E-state index in [1.54, 1.807) is 11.3 Å². The van der Waals surface area contributed by atoms with Crippen LogP contribution in [-0.4, -0.2) is 15.0 Å². The lowest BCUT2D eigenvalue weighted by molar-refractivity contribution is 0.617. The summed E-state index contributed by atoms with van der Waals surface area (Å²) in [5, 5.41) is 3.18. The van der Waals surface area contributed by atoms with Gasteiger partial charge in [0.05, 0.1) is 17.9 Å². The van der Waals surface area contributed by atoms with Crippen LogP contribution in [0.4, 0.5) is 5.13 Å². The van der Waals surface area contributed by atoms with Gasteiger partial charge in [-0.2, -0.15) is 0 Å². The van der Waals surface area contributed by atoms with Gasteiger partial charge in [-0.05, 0) is 5.92 Å². The standard InChI is InChI=1S/C19H20N4S/c1-13(2)8-18-20-9-15-10-23(11-16(15)21-18)19-22-17(12-24-19)14-6-4-3-5-7-14/h3-7,9,12-13H,8,10-11H2,1-2H3. The highest BCUT2D eigenvalue weighted by Crippen LogP contribution is 2.32. The number of anilines is 1. The summed E-state index contributed by atoms with van der Waals surface area (Å²) in [5.74, 6) is 1.53. The van der Waals surface area contributed by atoms with E-state index in [1.165, 1.54) is 5.56 Å². The van der Waals surface area contributed by atoms with Crippen LogP contribution >= 0.6 is 11.3 Å². The average molecular weight is 336 g/mol. The zero-order valence-electron chi connectivity index (χ0n) is 13.9. The lowest BCUT2D eigenvalue weighted by Crippen LogP contribution is -2.14. The van der Waals surface area contributed by atoms with Crippen LogP contribution in [0, 0.1) is 5.92 Å². The van der Waals surface area contributed by atoms with Crippen LogP contribution in [0.5, 0.6) is 0 Å². The minimum Gasteiger partial charge on any atom is -0.338 e. The summed E-state index contributed by atoms with van der Waals surface area (Å²) in [6.45, 7) is 6.07. The lowest BCUT2D eigenvalue weighted by atomic mass is 10.1. The van der Waals surface area contributed by atoms with Crippen molar-refractivity contribution in [3.63, 3.8) is 0 Å². The number of rotatable bonds is 4. The summed E-state index contributed by atoms with van der Waals surface area (Å²) < 4.78 is 0. The maximum atomic E-state index is 4.81. The number of thiazole rings is 1. The molecule has 0 bridgehead atoms. The van der Waals surface area contributed by atoms with Gasteiger partial charge in [0.1, 0.15) is 5.82 Å². The molecule has 122 valence electrons. The van der Waals surface area contributed by atoms with Gasteiger partial charge in [0.15, 0.2) is 5.13 Å². The van der Waals surface area contributed by atoms with Crippen molar-refractivity contribution in [1.29, 1.82) is 0 Å². The Morgan fingerprint density at radius 1 is 1.12 bits per heavy atom. The molecule has 2 aromatic heterocycles. The second kappa shape index (κ2) is 6.32. The third-order valence-electron chi connectivity index (χ3n) is 4.13. The molecule has 0 N–H and O–H groups in total. The van der Waals surface area contributed by atoms with Gasteiger partial charge in [-0.3, -0.25) is 0 Å². The molecule has 0 fully saturated rings. The highest BCUT2D eigenvalue weighted by atomic mass is 32.1. The number of hydrogen-bond acceptors (Lipinski definition) is 5. The van der Waals surface area contributed by atoms with E-state index in [0.717, 1.165) is 47.4 Å². The summed E-state index contributed by atoms with van der Waals surface area (Å²) >= 11 is 1.69. The molecule has 0 saturated carbocycles. The van der Waals surface area contributed by atoms with Crippen molar-refractivity contribution in [1.82, 2.24) is 15.0 Å². The fraction of sp³-hybridized carbons (Fsp3) is 0.316. The molecule has 24 heavy (non-hydrogen) atoms. The molecule has 4 nitrogen and oxygen atoms in total. The lowest BCUT2D eigenvalue weighted by Gasteiger charge is -2.12. The molecule has 0 aliphatic carbocycles. The number of benzene rings is 1. The molecule has 0 saturated heterocycles. The number of nitrogens with zero attached hydrogens (tertiary/aromatic N) is 4. The van der Waals surface area contributed by atoms with Gasteiger partial charge in [0.25, 0.3) is 0 Å². The summed E-state index contributed by atoms with van der Waals surface area (Å²) in [7, 11) is 0. The largest absolute Gasteiger partial charge is 0.338 e. The van der Waals surface area contributed by atoms with E-state index in [4.69, 9.17) is 9.97 Å². The first kappa shape index (κ1) is 15.3. The van der Waals surface area contributed by atoms with Crippen molar-refractivity contribution >= 4 is 16.5 Å². The van der Waals surface area contributed by atoms with E-state index in [0.29, 0.717) is 5.92 Å². The summed E-state index contributed by atoms with van der Waals surface area (Å²) in [6, 6.07) is 10.3. The Balaban J connectivity index is 1.54. The van der Waals surface area contributed by atoms with Gasteiger partial charge in [-0.1, -0.05) is 44.2 Å². The molecule has 5 heteroatoms. The van der Waals surface area contributed by atoms with Crippen molar-refractivity contribution in [3.8, 4) is 11.3 Å². The molecule has 4 rings (SSSR count). The highest BCUT2D eigenvalue weighted by molar-refractivity contribution is 7.14. The fourth-order valence-electron chi connectivity index (χ4n) is 2.94. The van der Waals surface area contributed by atoms with Crippen molar-refractivity contribution < 1.29 is 0 Å². The highest BCUT2D eigenvalue weighted by Gasteiger charge is 2.24. The van der Waals surface area contributed by atoms with E-state index >= 15 is 0 Å². The van der Waals surface area contributed by atoms with E-state index in [9.17, 15) is 0 Å². The molecule has 0 atom stereocenters. The van der Waals surface area contributed by atoms with E-state index in [1.807, 2.05) is 24.4 Å². The SMILES string of the molecule is CC(C)Cc1ncc2c(n1)CN(c1nc(-c3ccccc3)cs1)C2. The molecule has 1 aromatic carbocycles. The summed E-state index contributed by atoms with van der Waals surface area (Å²) in [4.78, 5) is 16.4. The first-order valence-corrected chi connectivity index (χ1v) is 9.16. The molecular weight excluding hydrogens is 316 g/mol.